The van der Waals surface area contributed by atoms with E-state index in [1.807, 2.05) is 24.3 Å². The lowest BCUT2D eigenvalue weighted by Gasteiger charge is -2.09. The Kier molecular flexibility index (Phi) is 3.08. The van der Waals surface area contributed by atoms with Gasteiger partial charge in [-0.25, -0.2) is 0 Å². The summed E-state index contributed by atoms with van der Waals surface area (Å²) in [4.78, 5) is 12.0. The molecule has 2 aromatic carbocycles. The molecule has 96 valence electrons. The van der Waals surface area contributed by atoms with Crippen molar-refractivity contribution in [1.82, 2.24) is 0 Å². The van der Waals surface area contributed by atoms with Crippen LogP contribution < -0.4 is 5.32 Å². The van der Waals surface area contributed by atoms with E-state index in [4.69, 9.17) is 0 Å². The van der Waals surface area contributed by atoms with Crippen molar-refractivity contribution in [1.29, 1.82) is 0 Å². The van der Waals surface area contributed by atoms with Crippen LogP contribution in [0.2, 0.25) is 0 Å². The lowest BCUT2D eigenvalue weighted by Crippen LogP contribution is -2.14. The number of carbonyl (C=O) groups excluding carboxylic acids is 1. The second-order valence-corrected chi connectivity index (χ2v) is 5.00. The molecule has 2 aromatic rings. The van der Waals surface area contributed by atoms with Crippen LogP contribution in [0.5, 0.6) is 0 Å². The average Bonchev–Trinajstić information content (AvgIpc) is 2.76. The highest BCUT2D eigenvalue weighted by atomic mass is 16.2. The van der Waals surface area contributed by atoms with Crippen LogP contribution in [-0.4, -0.2) is 5.91 Å². The first kappa shape index (κ1) is 12.0. The minimum absolute atomic E-state index is 0.0522. The van der Waals surface area contributed by atoms with E-state index in [-0.39, 0.29) is 11.8 Å². The molecule has 19 heavy (non-hydrogen) atoms. The number of hydrogen-bond donors (Lipinski definition) is 1. The Balaban J connectivity index is 1.84. The highest BCUT2D eigenvalue weighted by molar-refractivity contribution is 6.03. The van der Waals surface area contributed by atoms with Gasteiger partial charge >= 0.3 is 0 Å². The van der Waals surface area contributed by atoms with Gasteiger partial charge < -0.3 is 5.32 Å². The van der Waals surface area contributed by atoms with Crippen LogP contribution in [0.3, 0.4) is 0 Å². The van der Waals surface area contributed by atoms with Gasteiger partial charge in [-0.05, 0) is 35.6 Å². The lowest BCUT2D eigenvalue weighted by atomic mass is 9.93. The predicted octanol–water partition coefficient (Wildman–Crippen LogP) is 3.53. The van der Waals surface area contributed by atoms with E-state index in [9.17, 15) is 4.79 Å². The molecule has 1 heterocycles. The van der Waals surface area contributed by atoms with E-state index >= 15 is 0 Å². The van der Waals surface area contributed by atoms with Crippen LogP contribution in [-0.2, 0) is 17.6 Å². The summed E-state index contributed by atoms with van der Waals surface area (Å²) in [6.45, 7) is 2.15. The first-order chi connectivity index (χ1) is 9.28. The molecule has 1 atom stereocenters. The summed E-state index contributed by atoms with van der Waals surface area (Å²) < 4.78 is 0. The number of amides is 1. The summed E-state index contributed by atoms with van der Waals surface area (Å²) in [6, 6.07) is 16.5. The van der Waals surface area contributed by atoms with E-state index in [2.05, 4.69) is 36.5 Å². The Labute approximate surface area is 113 Å². The van der Waals surface area contributed by atoms with Gasteiger partial charge in [0.15, 0.2) is 0 Å². The van der Waals surface area contributed by atoms with Gasteiger partial charge in [-0.1, -0.05) is 49.4 Å². The highest BCUT2D eigenvalue weighted by Gasteiger charge is 2.29. The SMILES string of the molecule is CCc1ccc(C[C@H]2C(=O)Nc3ccccc32)cc1. The standard InChI is InChI=1S/C17H17NO/c1-2-12-7-9-13(10-8-12)11-15-14-5-3-4-6-16(14)18-17(15)19/h3-10,15H,2,11H2,1H3,(H,18,19)/t15-/m1/s1. The van der Waals surface area contributed by atoms with Gasteiger partial charge in [-0.15, -0.1) is 0 Å². The van der Waals surface area contributed by atoms with Crippen molar-refractivity contribution >= 4 is 11.6 Å². The van der Waals surface area contributed by atoms with Gasteiger partial charge in [0.25, 0.3) is 0 Å². The number of nitrogens with one attached hydrogen (secondary N) is 1. The highest BCUT2D eigenvalue weighted by Crippen LogP contribution is 2.34. The van der Waals surface area contributed by atoms with Gasteiger partial charge in [-0.2, -0.15) is 0 Å². The molecule has 0 aliphatic carbocycles. The number of anilines is 1. The molecule has 2 nitrogen and oxygen atoms in total. The number of fused-ring (bicyclic) bond motifs is 1. The fourth-order valence-corrected chi connectivity index (χ4v) is 2.63. The van der Waals surface area contributed by atoms with Crippen molar-refractivity contribution in [3.05, 3.63) is 65.2 Å². The molecule has 0 aromatic heterocycles. The van der Waals surface area contributed by atoms with Gasteiger partial charge in [-0.3, -0.25) is 4.79 Å². The van der Waals surface area contributed by atoms with Crippen molar-refractivity contribution in [3.8, 4) is 0 Å². The predicted molar refractivity (Wildman–Crippen MR) is 77.3 cm³/mol. The quantitative estimate of drug-likeness (QED) is 0.888. The molecular formula is C17H17NO. The second-order valence-electron chi connectivity index (χ2n) is 5.00. The maximum absolute atomic E-state index is 12.0. The minimum Gasteiger partial charge on any atom is -0.325 e. The maximum atomic E-state index is 12.0. The van der Waals surface area contributed by atoms with Crippen LogP contribution in [0.4, 0.5) is 5.69 Å². The number of hydrogen-bond acceptors (Lipinski definition) is 1. The van der Waals surface area contributed by atoms with Crippen LogP contribution in [0, 0.1) is 0 Å². The first-order valence-corrected chi connectivity index (χ1v) is 6.75. The Morgan fingerprint density at radius 3 is 2.42 bits per heavy atom. The molecule has 0 radical (unpaired) electrons. The Morgan fingerprint density at radius 2 is 1.68 bits per heavy atom. The van der Waals surface area contributed by atoms with Gasteiger partial charge in [0.2, 0.25) is 5.91 Å². The molecule has 1 aliphatic heterocycles. The second kappa shape index (κ2) is 4.88. The van der Waals surface area contributed by atoms with Crippen LogP contribution in [0.1, 0.15) is 29.5 Å². The number of aryl methyl sites for hydroxylation is 1. The molecule has 0 saturated carbocycles. The molecule has 1 N–H and O–H groups in total. The zero-order chi connectivity index (χ0) is 13.2. The Morgan fingerprint density at radius 1 is 1.00 bits per heavy atom. The molecule has 0 fully saturated rings. The van der Waals surface area contributed by atoms with E-state index in [1.54, 1.807) is 0 Å². The van der Waals surface area contributed by atoms with Gasteiger partial charge in [0.1, 0.15) is 0 Å². The molecule has 0 spiro atoms. The maximum Gasteiger partial charge on any atom is 0.232 e. The summed E-state index contributed by atoms with van der Waals surface area (Å²) >= 11 is 0. The summed E-state index contributed by atoms with van der Waals surface area (Å²) in [5.41, 5.74) is 4.63. The van der Waals surface area contributed by atoms with Crippen molar-refractivity contribution in [3.63, 3.8) is 0 Å². The van der Waals surface area contributed by atoms with Gasteiger partial charge in [0.05, 0.1) is 5.92 Å². The number of para-hydroxylation sites is 1. The normalized spacial score (nSPS) is 17.1. The fourth-order valence-electron chi connectivity index (χ4n) is 2.63. The number of rotatable bonds is 3. The zero-order valence-electron chi connectivity index (χ0n) is 11.0. The topological polar surface area (TPSA) is 29.1 Å². The third-order valence-electron chi connectivity index (χ3n) is 3.78. The van der Waals surface area contributed by atoms with Crippen molar-refractivity contribution < 1.29 is 4.79 Å². The van der Waals surface area contributed by atoms with E-state index in [1.165, 1.54) is 11.1 Å². The van der Waals surface area contributed by atoms with Crippen molar-refractivity contribution in [2.75, 3.05) is 5.32 Å². The molecule has 0 bridgehead atoms. The Bertz CT molecular complexity index is 601. The number of benzene rings is 2. The average molecular weight is 251 g/mol. The zero-order valence-corrected chi connectivity index (χ0v) is 11.0. The van der Waals surface area contributed by atoms with Crippen molar-refractivity contribution in [2.45, 2.75) is 25.7 Å². The van der Waals surface area contributed by atoms with Crippen LogP contribution >= 0.6 is 0 Å². The van der Waals surface area contributed by atoms with E-state index in [0.29, 0.717) is 0 Å². The summed E-state index contributed by atoms with van der Waals surface area (Å²) in [7, 11) is 0. The monoisotopic (exact) mass is 251 g/mol. The molecule has 0 saturated heterocycles. The molecule has 1 aliphatic rings. The molecule has 2 heteroatoms. The minimum atomic E-state index is -0.0522. The lowest BCUT2D eigenvalue weighted by molar-refractivity contribution is -0.117. The van der Waals surface area contributed by atoms with Crippen molar-refractivity contribution in [2.24, 2.45) is 0 Å². The Hall–Kier alpha value is -2.09. The van der Waals surface area contributed by atoms with Gasteiger partial charge in [0, 0.05) is 5.69 Å². The molecule has 3 rings (SSSR count). The third kappa shape index (κ3) is 2.26. The number of carbonyl (C=O) groups is 1. The molecule has 1 amide bonds. The molecule has 0 unspecified atom stereocenters. The third-order valence-corrected chi connectivity index (χ3v) is 3.78. The fraction of sp³-hybridized carbons (Fsp3) is 0.235. The van der Waals surface area contributed by atoms with Crippen LogP contribution in [0.25, 0.3) is 0 Å². The van der Waals surface area contributed by atoms with Crippen LogP contribution in [0.15, 0.2) is 48.5 Å². The van der Waals surface area contributed by atoms with E-state index in [0.717, 1.165) is 24.1 Å². The smallest absolute Gasteiger partial charge is 0.232 e. The summed E-state index contributed by atoms with van der Waals surface area (Å²) in [5.74, 6) is 0.0597. The summed E-state index contributed by atoms with van der Waals surface area (Å²) in [6.07, 6.45) is 1.82. The summed E-state index contributed by atoms with van der Waals surface area (Å²) in [5, 5.41) is 2.95. The largest absolute Gasteiger partial charge is 0.325 e. The first-order valence-electron chi connectivity index (χ1n) is 6.75. The van der Waals surface area contributed by atoms with E-state index < -0.39 is 0 Å². The molecular weight excluding hydrogens is 234 g/mol.